The fourth-order valence-corrected chi connectivity index (χ4v) is 3.88. The number of nitrogens with zero attached hydrogens (tertiary/aromatic N) is 1. The van der Waals surface area contributed by atoms with Gasteiger partial charge in [-0.15, -0.1) is 0 Å². The molecule has 3 atom stereocenters. The van der Waals surface area contributed by atoms with E-state index in [0.717, 1.165) is 5.56 Å². The van der Waals surface area contributed by atoms with Gasteiger partial charge in [-0.3, -0.25) is 9.59 Å². The first-order valence-electron chi connectivity index (χ1n) is 11.2. The van der Waals surface area contributed by atoms with E-state index in [4.69, 9.17) is 0 Å². The Kier molecular flexibility index (Phi) is 10.1. The smallest absolute Gasteiger partial charge is 0.331 e. The van der Waals surface area contributed by atoms with Crippen LogP contribution in [0.5, 0.6) is 0 Å². The van der Waals surface area contributed by atoms with Crippen molar-refractivity contribution in [3.8, 4) is 0 Å². The van der Waals surface area contributed by atoms with Crippen LogP contribution in [0.1, 0.15) is 53.5 Å². The zero-order valence-electron chi connectivity index (χ0n) is 20.6. The number of carbonyl (C=O) groups is 3. The third kappa shape index (κ3) is 6.19. The third-order valence-electron chi connectivity index (χ3n) is 6.07. The molecule has 7 nitrogen and oxygen atoms in total. The molecule has 0 aliphatic rings. The number of hydrogen-bond donors (Lipinski definition) is 3. The number of rotatable bonds is 11. The Bertz CT molecular complexity index is 814. The quantitative estimate of drug-likeness (QED) is 0.455. The van der Waals surface area contributed by atoms with Gasteiger partial charge in [0.25, 0.3) is 0 Å². The maximum atomic E-state index is 13.5. The molecule has 2 unspecified atom stereocenters. The van der Waals surface area contributed by atoms with Gasteiger partial charge >= 0.3 is 5.97 Å². The molecule has 32 heavy (non-hydrogen) atoms. The zero-order valence-corrected chi connectivity index (χ0v) is 20.6. The van der Waals surface area contributed by atoms with Crippen molar-refractivity contribution in [2.75, 3.05) is 14.1 Å². The Morgan fingerprint density at radius 2 is 1.66 bits per heavy atom. The maximum absolute atomic E-state index is 13.5. The second-order valence-electron chi connectivity index (χ2n) is 8.91. The molecule has 0 bridgehead atoms. The molecule has 2 amide bonds. The van der Waals surface area contributed by atoms with E-state index in [1.807, 2.05) is 65.0 Å². The Morgan fingerprint density at radius 1 is 1.09 bits per heavy atom. The van der Waals surface area contributed by atoms with Gasteiger partial charge in [0.15, 0.2) is 0 Å². The normalized spacial score (nSPS) is 15.8. The van der Waals surface area contributed by atoms with Gasteiger partial charge in [0, 0.05) is 12.6 Å². The highest BCUT2D eigenvalue weighted by molar-refractivity contribution is 5.93. The van der Waals surface area contributed by atoms with Gasteiger partial charge in [-0.05, 0) is 37.8 Å². The molecule has 0 heterocycles. The van der Waals surface area contributed by atoms with Crippen LogP contribution in [0, 0.1) is 11.8 Å². The van der Waals surface area contributed by atoms with Crippen molar-refractivity contribution in [2.45, 2.75) is 65.6 Å². The molecule has 1 aromatic carbocycles. The molecule has 1 aromatic rings. The number of nitrogens with one attached hydrogen (secondary N) is 2. The number of amides is 2. The number of carboxylic acids is 1. The lowest BCUT2D eigenvalue weighted by molar-refractivity contribution is -0.140. The van der Waals surface area contributed by atoms with Crippen molar-refractivity contribution in [3.63, 3.8) is 0 Å². The van der Waals surface area contributed by atoms with Crippen LogP contribution in [0.2, 0.25) is 0 Å². The fraction of sp³-hybridized carbons (Fsp3) is 0.560. The van der Waals surface area contributed by atoms with Gasteiger partial charge in [-0.1, -0.05) is 71.0 Å². The van der Waals surface area contributed by atoms with Crippen LogP contribution in [0.4, 0.5) is 0 Å². The van der Waals surface area contributed by atoms with Crippen molar-refractivity contribution in [2.24, 2.45) is 11.8 Å². The van der Waals surface area contributed by atoms with Crippen molar-refractivity contribution >= 4 is 17.8 Å². The monoisotopic (exact) mass is 445 g/mol. The second kappa shape index (κ2) is 11.8. The molecular weight excluding hydrogens is 406 g/mol. The van der Waals surface area contributed by atoms with E-state index in [1.54, 1.807) is 20.2 Å². The maximum Gasteiger partial charge on any atom is 0.331 e. The minimum absolute atomic E-state index is 0.00174. The summed E-state index contributed by atoms with van der Waals surface area (Å²) in [6, 6.07) is 8.28. The summed E-state index contributed by atoms with van der Waals surface area (Å²) in [5.41, 5.74) is 0.0356. The average molecular weight is 446 g/mol. The summed E-state index contributed by atoms with van der Waals surface area (Å²) in [5, 5.41) is 15.4. The van der Waals surface area contributed by atoms with E-state index in [1.165, 1.54) is 11.8 Å². The van der Waals surface area contributed by atoms with Gasteiger partial charge in [0.1, 0.15) is 11.6 Å². The SMILES string of the molecule is CCC(NC)(C(=O)NC(C(=O)N(C)[C@H](/C=C(\C)C(=O)O)C(C)C)C(C)C)c1ccccc1. The van der Waals surface area contributed by atoms with Crippen LogP contribution in [-0.4, -0.2) is 54.0 Å². The number of carboxylic acid groups (broad SMARTS) is 1. The highest BCUT2D eigenvalue weighted by atomic mass is 16.4. The Labute approximate surface area is 192 Å². The Hall–Kier alpha value is -2.67. The standard InChI is InChI=1S/C25H39N3O4/c1-9-25(26-7,19-13-11-10-12-14-19)24(32)27-21(17(4)5)22(29)28(8)20(16(2)3)15-18(6)23(30)31/h10-17,20-21,26H,9H2,1-8H3,(H,27,32)(H,30,31)/b18-15+/t20-,21?,25?/m1/s1. The van der Waals surface area contributed by atoms with E-state index in [2.05, 4.69) is 10.6 Å². The van der Waals surface area contributed by atoms with E-state index >= 15 is 0 Å². The molecule has 0 aromatic heterocycles. The molecule has 0 radical (unpaired) electrons. The number of benzene rings is 1. The molecule has 7 heteroatoms. The van der Waals surface area contributed by atoms with E-state index < -0.39 is 23.6 Å². The second-order valence-corrected chi connectivity index (χ2v) is 8.91. The molecule has 0 spiro atoms. The zero-order chi connectivity index (χ0) is 24.6. The molecule has 0 saturated heterocycles. The lowest BCUT2D eigenvalue weighted by Crippen LogP contribution is -2.60. The summed E-state index contributed by atoms with van der Waals surface area (Å²) in [6.07, 6.45) is 2.10. The largest absolute Gasteiger partial charge is 0.478 e. The van der Waals surface area contributed by atoms with Crippen LogP contribution in [-0.2, 0) is 19.9 Å². The minimum Gasteiger partial charge on any atom is -0.478 e. The summed E-state index contributed by atoms with van der Waals surface area (Å²) in [7, 11) is 3.39. The number of hydrogen-bond acceptors (Lipinski definition) is 4. The van der Waals surface area contributed by atoms with E-state index in [9.17, 15) is 19.5 Å². The number of carbonyl (C=O) groups excluding carboxylic acids is 2. The van der Waals surface area contributed by atoms with Gasteiger partial charge in [0.05, 0.1) is 6.04 Å². The first kappa shape index (κ1) is 27.4. The predicted molar refractivity (Wildman–Crippen MR) is 127 cm³/mol. The summed E-state index contributed by atoms with van der Waals surface area (Å²) < 4.78 is 0. The molecule has 0 aliphatic carbocycles. The molecule has 178 valence electrons. The lowest BCUT2D eigenvalue weighted by atomic mass is 9.85. The highest BCUT2D eigenvalue weighted by Crippen LogP contribution is 2.26. The Morgan fingerprint density at radius 3 is 2.06 bits per heavy atom. The van der Waals surface area contributed by atoms with Gasteiger partial charge in [-0.2, -0.15) is 0 Å². The van der Waals surface area contributed by atoms with Crippen LogP contribution in [0.3, 0.4) is 0 Å². The lowest BCUT2D eigenvalue weighted by Gasteiger charge is -2.37. The minimum atomic E-state index is -1.02. The summed E-state index contributed by atoms with van der Waals surface area (Å²) in [5.74, 6) is -1.70. The van der Waals surface area contributed by atoms with Crippen molar-refractivity contribution < 1.29 is 19.5 Å². The van der Waals surface area contributed by atoms with Crippen molar-refractivity contribution in [1.29, 1.82) is 0 Å². The van der Waals surface area contributed by atoms with Crippen molar-refractivity contribution in [3.05, 3.63) is 47.5 Å². The first-order chi connectivity index (χ1) is 14.9. The molecule has 3 N–H and O–H groups in total. The van der Waals surface area contributed by atoms with Gasteiger partial charge in [-0.25, -0.2) is 4.79 Å². The Balaban J connectivity index is 3.26. The molecule has 0 saturated carbocycles. The highest BCUT2D eigenvalue weighted by Gasteiger charge is 2.40. The summed E-state index contributed by atoms with van der Waals surface area (Å²) in [6.45, 7) is 11.1. The number of aliphatic carboxylic acids is 1. The molecule has 0 aliphatic heterocycles. The average Bonchev–Trinajstić information content (AvgIpc) is 2.76. The fourth-order valence-electron chi connectivity index (χ4n) is 3.88. The predicted octanol–water partition coefficient (Wildman–Crippen LogP) is 3.17. The summed E-state index contributed by atoms with van der Waals surface area (Å²) >= 11 is 0. The van der Waals surface area contributed by atoms with Gasteiger partial charge < -0.3 is 20.6 Å². The van der Waals surface area contributed by atoms with Crippen LogP contribution in [0.15, 0.2) is 42.0 Å². The molecule has 0 fully saturated rings. The third-order valence-corrected chi connectivity index (χ3v) is 6.07. The van der Waals surface area contributed by atoms with E-state index in [-0.39, 0.29) is 29.2 Å². The van der Waals surface area contributed by atoms with Crippen LogP contribution in [0.25, 0.3) is 0 Å². The van der Waals surface area contributed by atoms with Crippen LogP contribution < -0.4 is 10.6 Å². The van der Waals surface area contributed by atoms with Gasteiger partial charge in [0.2, 0.25) is 11.8 Å². The number of likely N-dealkylation sites (N-methyl/N-ethyl adjacent to an activating group) is 2. The van der Waals surface area contributed by atoms with E-state index in [0.29, 0.717) is 6.42 Å². The summed E-state index contributed by atoms with van der Waals surface area (Å²) in [4.78, 5) is 39.8. The molecular formula is C25H39N3O4. The van der Waals surface area contributed by atoms with Crippen LogP contribution >= 0.6 is 0 Å². The topological polar surface area (TPSA) is 98.7 Å². The first-order valence-corrected chi connectivity index (χ1v) is 11.2. The molecule has 1 rings (SSSR count). The van der Waals surface area contributed by atoms with Crippen molar-refractivity contribution in [1.82, 2.24) is 15.5 Å².